The van der Waals surface area contributed by atoms with Crippen molar-refractivity contribution < 1.29 is 4.74 Å². The minimum atomic E-state index is 0.121. The summed E-state index contributed by atoms with van der Waals surface area (Å²) in [6.07, 6.45) is 2.86. The summed E-state index contributed by atoms with van der Waals surface area (Å²) in [7, 11) is 0. The fourth-order valence-electron chi connectivity index (χ4n) is 5.53. The molecule has 2 heterocycles. The SMILES string of the molecule is Cc1ccc(-c2cc3c4c(nccc4c2)-c2cc4ccc(C)cc4c(CC(C)(C)C)c2O3)c(C)c1. The molecule has 2 heteroatoms. The van der Waals surface area contributed by atoms with Crippen molar-refractivity contribution in [3.8, 4) is 33.9 Å². The highest BCUT2D eigenvalue weighted by atomic mass is 16.5. The maximum atomic E-state index is 6.86. The van der Waals surface area contributed by atoms with E-state index in [9.17, 15) is 0 Å². The molecule has 0 amide bonds. The number of aryl methyl sites for hydroxylation is 3. The van der Waals surface area contributed by atoms with Gasteiger partial charge in [0, 0.05) is 17.3 Å². The Labute approximate surface area is 207 Å². The van der Waals surface area contributed by atoms with E-state index in [0.29, 0.717) is 0 Å². The largest absolute Gasteiger partial charge is 0.456 e. The first-order chi connectivity index (χ1) is 16.7. The predicted octanol–water partition coefficient (Wildman–Crippen LogP) is 9.34. The summed E-state index contributed by atoms with van der Waals surface area (Å²) in [5.74, 6) is 1.86. The second kappa shape index (κ2) is 7.68. The molecule has 6 rings (SSSR count). The lowest BCUT2D eigenvalue weighted by atomic mass is 9.83. The zero-order valence-corrected chi connectivity index (χ0v) is 21.4. The van der Waals surface area contributed by atoms with Crippen molar-refractivity contribution in [2.75, 3.05) is 0 Å². The monoisotopic (exact) mass is 457 g/mol. The maximum absolute atomic E-state index is 6.86. The Morgan fingerprint density at radius 1 is 0.771 bits per heavy atom. The van der Waals surface area contributed by atoms with Gasteiger partial charge in [0.15, 0.2) is 0 Å². The molecule has 2 nitrogen and oxygen atoms in total. The van der Waals surface area contributed by atoms with Crippen LogP contribution >= 0.6 is 0 Å². The predicted molar refractivity (Wildman–Crippen MR) is 148 cm³/mol. The van der Waals surface area contributed by atoms with Crippen LogP contribution in [0.2, 0.25) is 0 Å². The van der Waals surface area contributed by atoms with Gasteiger partial charge in [-0.2, -0.15) is 0 Å². The van der Waals surface area contributed by atoms with Crippen LogP contribution in [0.5, 0.6) is 11.5 Å². The second-order valence-electron chi connectivity index (χ2n) is 11.3. The molecular formula is C33H31NO. The normalized spacial score (nSPS) is 12.6. The minimum Gasteiger partial charge on any atom is -0.456 e. The average molecular weight is 458 g/mol. The summed E-state index contributed by atoms with van der Waals surface area (Å²) in [5.41, 5.74) is 9.74. The van der Waals surface area contributed by atoms with Crippen LogP contribution in [0, 0.1) is 26.2 Å². The van der Waals surface area contributed by atoms with Gasteiger partial charge in [0.2, 0.25) is 0 Å². The highest BCUT2D eigenvalue weighted by Crippen LogP contribution is 2.51. The van der Waals surface area contributed by atoms with Gasteiger partial charge in [-0.25, -0.2) is 0 Å². The van der Waals surface area contributed by atoms with Crippen molar-refractivity contribution >= 4 is 21.5 Å². The lowest BCUT2D eigenvalue weighted by molar-refractivity contribution is 0.400. The Morgan fingerprint density at radius 3 is 2.31 bits per heavy atom. The topological polar surface area (TPSA) is 22.1 Å². The Balaban J connectivity index is 1.65. The molecule has 35 heavy (non-hydrogen) atoms. The third kappa shape index (κ3) is 3.69. The first kappa shape index (κ1) is 21.9. The average Bonchev–Trinajstić information content (AvgIpc) is 2.79. The van der Waals surface area contributed by atoms with Gasteiger partial charge in [0.25, 0.3) is 0 Å². The number of hydrogen-bond acceptors (Lipinski definition) is 2. The van der Waals surface area contributed by atoms with E-state index < -0.39 is 0 Å². The molecule has 0 unspecified atom stereocenters. The van der Waals surface area contributed by atoms with Gasteiger partial charge >= 0.3 is 0 Å². The molecule has 0 saturated carbocycles. The smallest absolute Gasteiger partial charge is 0.140 e. The van der Waals surface area contributed by atoms with Crippen molar-refractivity contribution in [3.63, 3.8) is 0 Å². The summed E-state index contributed by atoms with van der Waals surface area (Å²) >= 11 is 0. The summed E-state index contributed by atoms with van der Waals surface area (Å²) in [6.45, 7) is 13.4. The highest BCUT2D eigenvalue weighted by Gasteiger charge is 2.28. The van der Waals surface area contributed by atoms with Gasteiger partial charge in [0.1, 0.15) is 11.5 Å². The van der Waals surface area contributed by atoms with Crippen LogP contribution in [0.15, 0.2) is 66.9 Å². The van der Waals surface area contributed by atoms with Crippen LogP contribution in [0.3, 0.4) is 0 Å². The van der Waals surface area contributed by atoms with Gasteiger partial charge < -0.3 is 4.74 Å². The van der Waals surface area contributed by atoms with Crippen LogP contribution in [0.1, 0.15) is 43.0 Å². The number of nitrogens with zero attached hydrogens (tertiary/aromatic N) is 1. The Hall–Kier alpha value is -3.65. The number of benzene rings is 4. The standard InChI is InChI=1S/C33H31NO/c1-19-8-10-25(21(3)13-19)24-15-23-11-12-34-31-27-16-22-9-7-20(2)14-26(22)28(18-33(4,5)6)32(27)35-29(17-24)30(23)31/h7-17H,18H2,1-6H3. The van der Waals surface area contributed by atoms with Crippen LogP contribution in [-0.4, -0.2) is 4.98 Å². The summed E-state index contributed by atoms with van der Waals surface area (Å²) < 4.78 is 6.86. The van der Waals surface area contributed by atoms with Crippen molar-refractivity contribution in [3.05, 3.63) is 89.1 Å². The van der Waals surface area contributed by atoms with E-state index in [1.54, 1.807) is 0 Å². The van der Waals surface area contributed by atoms with Gasteiger partial charge in [-0.15, -0.1) is 0 Å². The second-order valence-corrected chi connectivity index (χ2v) is 11.3. The number of pyridine rings is 1. The molecule has 0 fully saturated rings. The first-order valence-electron chi connectivity index (χ1n) is 12.4. The van der Waals surface area contributed by atoms with E-state index in [4.69, 9.17) is 9.72 Å². The Morgan fingerprint density at radius 2 is 1.54 bits per heavy atom. The fourth-order valence-corrected chi connectivity index (χ4v) is 5.53. The number of rotatable bonds is 2. The molecule has 1 aromatic heterocycles. The molecular weight excluding hydrogens is 426 g/mol. The molecule has 0 atom stereocenters. The van der Waals surface area contributed by atoms with Gasteiger partial charge in [0.05, 0.1) is 11.1 Å². The summed E-state index contributed by atoms with van der Waals surface area (Å²) in [5, 5.41) is 4.78. The van der Waals surface area contributed by atoms with E-state index in [1.165, 1.54) is 44.2 Å². The van der Waals surface area contributed by atoms with E-state index in [2.05, 4.69) is 102 Å². The molecule has 0 N–H and O–H groups in total. The van der Waals surface area contributed by atoms with Gasteiger partial charge in [-0.3, -0.25) is 4.98 Å². The molecule has 5 aromatic rings. The molecule has 0 radical (unpaired) electrons. The van der Waals surface area contributed by atoms with Crippen LogP contribution in [-0.2, 0) is 6.42 Å². The van der Waals surface area contributed by atoms with E-state index >= 15 is 0 Å². The molecule has 1 aliphatic rings. The Bertz CT molecular complexity index is 1650. The Kier molecular flexibility index (Phi) is 4.79. The number of aromatic nitrogens is 1. The maximum Gasteiger partial charge on any atom is 0.140 e. The zero-order chi connectivity index (χ0) is 24.5. The quantitative estimate of drug-likeness (QED) is 0.258. The van der Waals surface area contributed by atoms with Crippen LogP contribution in [0.25, 0.3) is 43.9 Å². The minimum absolute atomic E-state index is 0.121. The van der Waals surface area contributed by atoms with Gasteiger partial charge in [-0.05, 0) is 89.7 Å². The molecule has 174 valence electrons. The molecule has 4 aromatic carbocycles. The van der Waals surface area contributed by atoms with Gasteiger partial charge in [-0.1, -0.05) is 68.3 Å². The first-order valence-corrected chi connectivity index (χ1v) is 12.4. The highest BCUT2D eigenvalue weighted by molar-refractivity contribution is 6.07. The van der Waals surface area contributed by atoms with E-state index in [-0.39, 0.29) is 5.41 Å². The summed E-state index contributed by atoms with van der Waals surface area (Å²) in [6, 6.07) is 22.2. The molecule has 0 aliphatic carbocycles. The van der Waals surface area contributed by atoms with Crippen molar-refractivity contribution in [2.45, 2.75) is 48.0 Å². The molecule has 0 saturated heterocycles. The number of hydrogen-bond donors (Lipinski definition) is 0. The third-order valence-corrected chi connectivity index (χ3v) is 7.05. The summed E-state index contributed by atoms with van der Waals surface area (Å²) in [4.78, 5) is 4.89. The lowest BCUT2D eigenvalue weighted by Gasteiger charge is -2.28. The van der Waals surface area contributed by atoms with Crippen LogP contribution in [0.4, 0.5) is 0 Å². The lowest BCUT2D eigenvalue weighted by Crippen LogP contribution is -2.12. The number of fused-ring (bicyclic) bond motifs is 3. The fraction of sp³-hybridized carbons (Fsp3) is 0.242. The van der Waals surface area contributed by atoms with Crippen molar-refractivity contribution in [1.29, 1.82) is 0 Å². The molecule has 0 bridgehead atoms. The van der Waals surface area contributed by atoms with E-state index in [1.807, 2.05) is 6.20 Å². The number of ether oxygens (including phenoxy) is 1. The zero-order valence-electron chi connectivity index (χ0n) is 21.4. The molecule has 0 spiro atoms. The van der Waals surface area contributed by atoms with E-state index in [0.717, 1.165) is 39.9 Å². The molecule has 1 aliphatic heterocycles. The van der Waals surface area contributed by atoms with Crippen molar-refractivity contribution in [1.82, 2.24) is 4.98 Å². The third-order valence-electron chi connectivity index (χ3n) is 7.05. The van der Waals surface area contributed by atoms with Crippen molar-refractivity contribution in [2.24, 2.45) is 5.41 Å². The van der Waals surface area contributed by atoms with Crippen LogP contribution < -0.4 is 4.74 Å².